The van der Waals surface area contributed by atoms with Crippen molar-refractivity contribution < 1.29 is 9.53 Å². The predicted octanol–water partition coefficient (Wildman–Crippen LogP) is 2.23. The van der Waals surface area contributed by atoms with E-state index in [1.54, 1.807) is 12.3 Å². The number of carbonyl (C=O) groups is 1. The van der Waals surface area contributed by atoms with Gasteiger partial charge in [0.2, 0.25) is 5.95 Å². The van der Waals surface area contributed by atoms with E-state index >= 15 is 0 Å². The molecule has 2 rings (SSSR count). The molecule has 0 saturated carbocycles. The number of aromatic nitrogens is 2. The summed E-state index contributed by atoms with van der Waals surface area (Å²) in [5.41, 5.74) is 0.813. The lowest BCUT2D eigenvalue weighted by Crippen LogP contribution is -2.23. The maximum absolute atomic E-state index is 12.0. The van der Waals surface area contributed by atoms with Crippen molar-refractivity contribution in [3.05, 3.63) is 48.2 Å². The zero-order chi connectivity index (χ0) is 15.1. The van der Waals surface area contributed by atoms with E-state index in [9.17, 15) is 4.79 Å². The number of carbonyl (C=O) groups excluding carboxylic acids is 1. The predicted molar refractivity (Wildman–Crippen MR) is 81.0 cm³/mol. The van der Waals surface area contributed by atoms with Crippen LogP contribution in [0.4, 0.5) is 11.8 Å². The van der Waals surface area contributed by atoms with E-state index < -0.39 is 6.04 Å². The van der Waals surface area contributed by atoms with Crippen molar-refractivity contribution in [2.75, 3.05) is 24.3 Å². The summed E-state index contributed by atoms with van der Waals surface area (Å²) in [6.07, 6.45) is 1.63. The molecule has 0 amide bonds. The number of nitrogens with one attached hydrogen (secondary N) is 2. The monoisotopic (exact) mass is 286 g/mol. The van der Waals surface area contributed by atoms with Crippen molar-refractivity contribution in [3.8, 4) is 0 Å². The normalized spacial score (nSPS) is 11.5. The van der Waals surface area contributed by atoms with E-state index in [-0.39, 0.29) is 5.97 Å². The second kappa shape index (κ2) is 7.23. The van der Waals surface area contributed by atoms with Crippen LogP contribution >= 0.6 is 0 Å². The first kappa shape index (κ1) is 14.8. The third-order valence-corrected chi connectivity index (χ3v) is 2.85. The number of nitrogens with zero attached hydrogens (tertiary/aromatic N) is 2. The lowest BCUT2D eigenvalue weighted by atomic mass is 10.1. The SMILES string of the molecule is CCNc1nccc(NC(C(=O)OC)c2ccccc2)n1. The summed E-state index contributed by atoms with van der Waals surface area (Å²) < 4.78 is 4.86. The lowest BCUT2D eigenvalue weighted by molar-refractivity contribution is -0.141. The summed E-state index contributed by atoms with van der Waals surface area (Å²) in [6, 6.07) is 10.5. The maximum Gasteiger partial charge on any atom is 0.333 e. The minimum atomic E-state index is -0.611. The van der Waals surface area contributed by atoms with Crippen LogP contribution in [0, 0.1) is 0 Å². The highest BCUT2D eigenvalue weighted by Gasteiger charge is 2.21. The molecule has 2 N–H and O–H groups in total. The molecule has 1 unspecified atom stereocenters. The van der Waals surface area contributed by atoms with Crippen LogP contribution < -0.4 is 10.6 Å². The highest BCUT2D eigenvalue weighted by atomic mass is 16.5. The van der Waals surface area contributed by atoms with Crippen molar-refractivity contribution >= 4 is 17.7 Å². The number of rotatable bonds is 6. The molecule has 0 saturated heterocycles. The van der Waals surface area contributed by atoms with Crippen LogP contribution in [0.25, 0.3) is 0 Å². The third kappa shape index (κ3) is 3.92. The van der Waals surface area contributed by atoms with Crippen LogP contribution in [-0.2, 0) is 9.53 Å². The largest absolute Gasteiger partial charge is 0.467 e. The van der Waals surface area contributed by atoms with E-state index in [4.69, 9.17) is 4.74 Å². The number of hydrogen-bond donors (Lipinski definition) is 2. The maximum atomic E-state index is 12.0. The van der Waals surface area contributed by atoms with Gasteiger partial charge in [0.1, 0.15) is 5.82 Å². The number of methoxy groups -OCH3 is 1. The summed E-state index contributed by atoms with van der Waals surface area (Å²) in [7, 11) is 1.37. The molecule has 6 nitrogen and oxygen atoms in total. The molecule has 110 valence electrons. The van der Waals surface area contributed by atoms with Gasteiger partial charge in [0, 0.05) is 12.7 Å². The highest BCUT2D eigenvalue weighted by Crippen LogP contribution is 2.20. The quantitative estimate of drug-likeness (QED) is 0.793. The highest BCUT2D eigenvalue weighted by molar-refractivity contribution is 5.80. The van der Waals surface area contributed by atoms with Crippen LogP contribution in [0.2, 0.25) is 0 Å². The molecule has 0 fully saturated rings. The zero-order valence-electron chi connectivity index (χ0n) is 12.0. The Kier molecular flexibility index (Phi) is 5.09. The topological polar surface area (TPSA) is 76.1 Å². The summed E-state index contributed by atoms with van der Waals surface area (Å²) >= 11 is 0. The van der Waals surface area contributed by atoms with Gasteiger partial charge in [-0.1, -0.05) is 30.3 Å². The van der Waals surface area contributed by atoms with Gasteiger partial charge in [-0.3, -0.25) is 0 Å². The average Bonchev–Trinajstić information content (AvgIpc) is 2.53. The fraction of sp³-hybridized carbons (Fsp3) is 0.267. The molecule has 0 aliphatic heterocycles. The molecule has 21 heavy (non-hydrogen) atoms. The first-order chi connectivity index (χ1) is 10.2. The molecule has 1 aromatic carbocycles. The second-order valence-corrected chi connectivity index (χ2v) is 4.31. The smallest absolute Gasteiger partial charge is 0.333 e. The summed E-state index contributed by atoms with van der Waals surface area (Å²) in [6.45, 7) is 2.69. The summed E-state index contributed by atoms with van der Waals surface area (Å²) in [5, 5.41) is 6.10. The summed E-state index contributed by atoms with van der Waals surface area (Å²) in [5.74, 6) is 0.698. The number of hydrogen-bond acceptors (Lipinski definition) is 6. The average molecular weight is 286 g/mol. The Morgan fingerprint density at radius 2 is 2.05 bits per heavy atom. The Bertz CT molecular complexity index is 589. The van der Waals surface area contributed by atoms with Gasteiger partial charge in [-0.2, -0.15) is 4.98 Å². The Morgan fingerprint density at radius 3 is 2.71 bits per heavy atom. The molecule has 1 heterocycles. The molecule has 0 radical (unpaired) electrons. The van der Waals surface area contributed by atoms with Gasteiger partial charge in [-0.25, -0.2) is 9.78 Å². The number of ether oxygens (including phenoxy) is 1. The summed E-state index contributed by atoms with van der Waals surface area (Å²) in [4.78, 5) is 20.4. The van der Waals surface area contributed by atoms with Gasteiger partial charge in [-0.15, -0.1) is 0 Å². The zero-order valence-corrected chi connectivity index (χ0v) is 12.0. The molecular formula is C15H18N4O2. The van der Waals surface area contributed by atoms with Gasteiger partial charge >= 0.3 is 5.97 Å². The van der Waals surface area contributed by atoms with Crippen molar-refractivity contribution in [2.45, 2.75) is 13.0 Å². The van der Waals surface area contributed by atoms with Crippen LogP contribution in [0.15, 0.2) is 42.6 Å². The number of anilines is 2. The van der Waals surface area contributed by atoms with Crippen LogP contribution in [0.3, 0.4) is 0 Å². The molecule has 1 atom stereocenters. The number of benzene rings is 1. The Morgan fingerprint density at radius 1 is 1.29 bits per heavy atom. The van der Waals surface area contributed by atoms with Gasteiger partial charge in [-0.05, 0) is 18.6 Å². The molecular weight excluding hydrogens is 268 g/mol. The molecule has 0 spiro atoms. The van der Waals surface area contributed by atoms with E-state index in [1.165, 1.54) is 7.11 Å². The fourth-order valence-electron chi connectivity index (χ4n) is 1.87. The van der Waals surface area contributed by atoms with Crippen molar-refractivity contribution in [2.24, 2.45) is 0 Å². The Labute approximate surface area is 123 Å². The molecule has 2 aromatic rings. The Hall–Kier alpha value is -2.63. The molecule has 1 aromatic heterocycles. The van der Waals surface area contributed by atoms with E-state index in [2.05, 4.69) is 20.6 Å². The lowest BCUT2D eigenvalue weighted by Gasteiger charge is -2.17. The van der Waals surface area contributed by atoms with Gasteiger partial charge in [0.15, 0.2) is 6.04 Å². The van der Waals surface area contributed by atoms with Gasteiger partial charge in [0.05, 0.1) is 7.11 Å². The minimum absolute atomic E-state index is 0.371. The van der Waals surface area contributed by atoms with Crippen molar-refractivity contribution in [1.82, 2.24) is 9.97 Å². The first-order valence-corrected chi connectivity index (χ1v) is 6.70. The second-order valence-electron chi connectivity index (χ2n) is 4.31. The van der Waals surface area contributed by atoms with Crippen LogP contribution in [-0.4, -0.2) is 29.6 Å². The minimum Gasteiger partial charge on any atom is -0.467 e. The Balaban J connectivity index is 2.23. The van der Waals surface area contributed by atoms with Crippen molar-refractivity contribution in [3.63, 3.8) is 0 Å². The van der Waals surface area contributed by atoms with Gasteiger partial charge < -0.3 is 15.4 Å². The van der Waals surface area contributed by atoms with Crippen LogP contribution in [0.5, 0.6) is 0 Å². The molecule has 0 aliphatic carbocycles. The standard InChI is InChI=1S/C15H18N4O2/c1-3-16-15-17-10-9-12(19-15)18-13(14(20)21-2)11-7-5-4-6-8-11/h4-10,13H,3H2,1-2H3,(H2,16,17,18,19). The van der Waals surface area contributed by atoms with E-state index in [1.807, 2.05) is 37.3 Å². The molecule has 0 aliphatic rings. The van der Waals surface area contributed by atoms with Crippen LogP contribution in [0.1, 0.15) is 18.5 Å². The molecule has 0 bridgehead atoms. The first-order valence-electron chi connectivity index (χ1n) is 6.70. The van der Waals surface area contributed by atoms with Crippen molar-refractivity contribution in [1.29, 1.82) is 0 Å². The van der Waals surface area contributed by atoms with E-state index in [0.717, 1.165) is 12.1 Å². The van der Waals surface area contributed by atoms with Gasteiger partial charge in [0.25, 0.3) is 0 Å². The molecule has 6 heteroatoms. The fourth-order valence-corrected chi connectivity index (χ4v) is 1.87. The van der Waals surface area contributed by atoms with E-state index in [0.29, 0.717) is 11.8 Å². The number of esters is 1. The third-order valence-electron chi connectivity index (χ3n) is 2.85.